The first kappa shape index (κ1) is 24.3. The fourth-order valence-electron chi connectivity index (χ4n) is 3.72. The van der Waals surface area contributed by atoms with E-state index in [0.717, 1.165) is 12.1 Å². The molecule has 1 aliphatic heterocycles. The summed E-state index contributed by atoms with van der Waals surface area (Å²) in [4.78, 5) is 26.4. The largest absolute Gasteiger partial charge is 0.493 e. The third-order valence-corrected chi connectivity index (χ3v) is 5.47. The zero-order valence-electron chi connectivity index (χ0n) is 18.0. The summed E-state index contributed by atoms with van der Waals surface area (Å²) in [5.41, 5.74) is 0.488. The van der Waals surface area contributed by atoms with E-state index >= 15 is 0 Å². The summed E-state index contributed by atoms with van der Waals surface area (Å²) in [6, 6.07) is 7.47. The lowest BCUT2D eigenvalue weighted by Gasteiger charge is -2.31. The van der Waals surface area contributed by atoms with Gasteiger partial charge in [-0.25, -0.2) is 8.78 Å². The van der Waals surface area contributed by atoms with Gasteiger partial charge in [-0.3, -0.25) is 9.59 Å². The number of amides is 2. The minimum atomic E-state index is -2.98. The normalized spacial score (nSPS) is 14.3. The Hall–Kier alpha value is -3.30. The summed E-state index contributed by atoms with van der Waals surface area (Å²) in [7, 11) is 1.35. The molecule has 3 rings (SSSR count). The highest BCUT2D eigenvalue weighted by atomic mass is 19.3. The van der Waals surface area contributed by atoms with E-state index in [4.69, 9.17) is 4.74 Å². The van der Waals surface area contributed by atoms with Crippen molar-refractivity contribution in [3.8, 4) is 11.5 Å². The van der Waals surface area contributed by atoms with Crippen LogP contribution < -0.4 is 14.8 Å². The molecule has 0 unspecified atom stereocenters. The summed E-state index contributed by atoms with van der Waals surface area (Å²) in [6.45, 7) is -2.13. The molecule has 2 amide bonds. The van der Waals surface area contributed by atoms with E-state index in [2.05, 4.69) is 10.1 Å². The van der Waals surface area contributed by atoms with Crippen molar-refractivity contribution in [2.24, 2.45) is 5.92 Å². The fourth-order valence-corrected chi connectivity index (χ4v) is 3.72. The van der Waals surface area contributed by atoms with Crippen LogP contribution in [0.3, 0.4) is 0 Å². The minimum Gasteiger partial charge on any atom is -0.493 e. The van der Waals surface area contributed by atoms with Gasteiger partial charge in [0.05, 0.1) is 12.7 Å². The molecule has 0 bridgehead atoms. The molecule has 10 heteroatoms. The van der Waals surface area contributed by atoms with Crippen molar-refractivity contribution in [2.45, 2.75) is 25.9 Å². The number of carbonyl (C=O) groups excluding carboxylic acids is 2. The molecule has 1 fully saturated rings. The summed E-state index contributed by atoms with van der Waals surface area (Å²) in [5.74, 6) is -2.58. The van der Waals surface area contributed by atoms with Crippen LogP contribution in [-0.2, 0) is 11.2 Å². The first-order chi connectivity index (χ1) is 15.8. The van der Waals surface area contributed by atoms with E-state index in [0.29, 0.717) is 37.4 Å². The number of nitrogens with zero attached hydrogens (tertiary/aromatic N) is 1. The first-order valence-corrected chi connectivity index (χ1v) is 10.4. The van der Waals surface area contributed by atoms with Crippen LogP contribution in [0.5, 0.6) is 11.5 Å². The number of hydrogen-bond acceptors (Lipinski definition) is 4. The van der Waals surface area contributed by atoms with Crippen LogP contribution in [-0.4, -0.2) is 50.1 Å². The second kappa shape index (κ2) is 11.0. The van der Waals surface area contributed by atoms with Gasteiger partial charge in [-0.2, -0.15) is 8.78 Å². The van der Waals surface area contributed by atoms with Gasteiger partial charge >= 0.3 is 6.61 Å². The third-order valence-electron chi connectivity index (χ3n) is 5.47. The van der Waals surface area contributed by atoms with E-state index in [1.807, 2.05) is 0 Å². The maximum Gasteiger partial charge on any atom is 0.387 e. The Morgan fingerprint density at radius 3 is 2.45 bits per heavy atom. The highest BCUT2D eigenvalue weighted by molar-refractivity contribution is 5.94. The van der Waals surface area contributed by atoms with Crippen LogP contribution in [0.1, 0.15) is 28.8 Å². The maximum atomic E-state index is 13.9. The monoisotopic (exact) mass is 468 g/mol. The number of rotatable bonds is 8. The van der Waals surface area contributed by atoms with Gasteiger partial charge in [0.25, 0.3) is 5.91 Å². The van der Waals surface area contributed by atoms with E-state index in [1.165, 1.54) is 24.1 Å². The Kier molecular flexibility index (Phi) is 8.13. The molecule has 0 saturated carbocycles. The topological polar surface area (TPSA) is 67.9 Å². The molecule has 6 nitrogen and oxygen atoms in total. The zero-order chi connectivity index (χ0) is 24.0. The molecule has 2 aromatic rings. The lowest BCUT2D eigenvalue weighted by atomic mass is 9.95. The van der Waals surface area contributed by atoms with E-state index in [-0.39, 0.29) is 42.0 Å². The Morgan fingerprint density at radius 2 is 1.82 bits per heavy atom. The number of halogens is 4. The second-order valence-corrected chi connectivity index (χ2v) is 7.60. The Bertz CT molecular complexity index is 994. The first-order valence-electron chi connectivity index (χ1n) is 10.4. The van der Waals surface area contributed by atoms with Crippen LogP contribution in [0.2, 0.25) is 0 Å². The number of nitrogens with one attached hydrogen (secondary N) is 1. The van der Waals surface area contributed by atoms with Crippen molar-refractivity contribution >= 4 is 11.8 Å². The van der Waals surface area contributed by atoms with Gasteiger partial charge in [0.15, 0.2) is 11.5 Å². The van der Waals surface area contributed by atoms with Crippen molar-refractivity contribution in [1.82, 2.24) is 10.2 Å². The van der Waals surface area contributed by atoms with Gasteiger partial charge in [0, 0.05) is 31.6 Å². The van der Waals surface area contributed by atoms with Crippen LogP contribution >= 0.6 is 0 Å². The molecule has 1 heterocycles. The summed E-state index contributed by atoms with van der Waals surface area (Å²) in [5, 5.41) is 2.82. The molecule has 0 aliphatic carbocycles. The lowest BCUT2D eigenvalue weighted by Crippen LogP contribution is -2.43. The molecule has 0 aromatic heterocycles. The van der Waals surface area contributed by atoms with E-state index in [1.54, 1.807) is 6.07 Å². The molecule has 0 radical (unpaired) electrons. The number of ether oxygens (including phenoxy) is 2. The highest BCUT2D eigenvalue weighted by Gasteiger charge is 2.28. The quantitative estimate of drug-likeness (QED) is 0.599. The summed E-state index contributed by atoms with van der Waals surface area (Å²) in [6.07, 6.45) is 1.22. The fraction of sp³-hybridized carbons (Fsp3) is 0.391. The molecule has 1 aliphatic rings. The SMILES string of the molecule is COc1ccc(CCNC(=O)C2CCN(C(=O)c3ccc(F)cc3F)CC2)cc1OC(F)F. The maximum absolute atomic E-state index is 13.9. The van der Waals surface area contributed by atoms with Crippen LogP contribution in [0, 0.1) is 17.6 Å². The number of likely N-dealkylation sites (tertiary alicyclic amines) is 1. The summed E-state index contributed by atoms with van der Waals surface area (Å²) >= 11 is 0. The number of carbonyl (C=O) groups is 2. The van der Waals surface area contributed by atoms with E-state index in [9.17, 15) is 27.2 Å². The van der Waals surface area contributed by atoms with Gasteiger partial charge < -0.3 is 19.7 Å². The third kappa shape index (κ3) is 6.36. The Labute approximate surface area is 188 Å². The molecule has 0 spiro atoms. The summed E-state index contributed by atoms with van der Waals surface area (Å²) < 4.78 is 61.5. The van der Waals surface area contributed by atoms with Crippen LogP contribution in [0.15, 0.2) is 36.4 Å². The molecule has 2 aromatic carbocycles. The second-order valence-electron chi connectivity index (χ2n) is 7.60. The average molecular weight is 468 g/mol. The van der Waals surface area contributed by atoms with Crippen molar-refractivity contribution in [3.63, 3.8) is 0 Å². The minimum absolute atomic E-state index is 0.0778. The number of hydrogen-bond donors (Lipinski definition) is 1. The zero-order valence-corrected chi connectivity index (χ0v) is 18.0. The lowest BCUT2D eigenvalue weighted by molar-refractivity contribution is -0.126. The smallest absolute Gasteiger partial charge is 0.387 e. The van der Waals surface area contributed by atoms with Gasteiger partial charge in [-0.15, -0.1) is 0 Å². The Balaban J connectivity index is 1.47. The highest BCUT2D eigenvalue weighted by Crippen LogP contribution is 2.29. The van der Waals surface area contributed by atoms with Gasteiger partial charge in [0.2, 0.25) is 5.91 Å². The standard InChI is InChI=1S/C23H24F4N2O4/c1-32-19-5-2-14(12-20(19)33-23(26)27)6-9-28-21(30)15-7-10-29(11-8-15)22(31)17-4-3-16(24)13-18(17)25/h2-5,12-13,15,23H,6-11H2,1H3,(H,28,30). The molecule has 0 atom stereocenters. The number of methoxy groups -OCH3 is 1. The molecule has 178 valence electrons. The van der Waals surface area contributed by atoms with Crippen molar-refractivity contribution in [2.75, 3.05) is 26.7 Å². The van der Waals surface area contributed by atoms with Gasteiger partial charge in [-0.1, -0.05) is 6.07 Å². The van der Waals surface area contributed by atoms with Crippen LogP contribution in [0.4, 0.5) is 17.6 Å². The predicted molar refractivity (Wildman–Crippen MR) is 111 cm³/mol. The van der Waals surface area contributed by atoms with E-state index < -0.39 is 24.2 Å². The van der Waals surface area contributed by atoms with Crippen molar-refractivity contribution < 1.29 is 36.6 Å². The average Bonchev–Trinajstić information content (AvgIpc) is 2.78. The molecule has 33 heavy (non-hydrogen) atoms. The molecule has 1 N–H and O–H groups in total. The number of piperidine rings is 1. The number of benzene rings is 2. The van der Waals surface area contributed by atoms with Gasteiger partial charge in [-0.05, 0) is 49.1 Å². The van der Waals surface area contributed by atoms with Crippen LogP contribution in [0.25, 0.3) is 0 Å². The van der Waals surface area contributed by atoms with Gasteiger partial charge in [0.1, 0.15) is 11.6 Å². The molecular weight excluding hydrogens is 444 g/mol. The predicted octanol–water partition coefficient (Wildman–Crippen LogP) is 3.79. The Morgan fingerprint density at radius 1 is 1.09 bits per heavy atom. The van der Waals surface area contributed by atoms with Crippen molar-refractivity contribution in [3.05, 3.63) is 59.2 Å². The molecule has 1 saturated heterocycles. The molecular formula is C23H24F4N2O4. The number of alkyl halides is 2. The van der Waals surface area contributed by atoms with Crippen molar-refractivity contribution in [1.29, 1.82) is 0 Å².